The van der Waals surface area contributed by atoms with Crippen molar-refractivity contribution in [2.45, 2.75) is 33.1 Å². The van der Waals surface area contributed by atoms with Crippen LogP contribution in [-0.4, -0.2) is 41.5 Å². The summed E-state index contributed by atoms with van der Waals surface area (Å²) in [4.78, 5) is 26.0. The molecular formula is C18H24N2O3. The lowest BCUT2D eigenvalue weighted by Crippen LogP contribution is -2.37. The van der Waals surface area contributed by atoms with Gasteiger partial charge in [0.15, 0.2) is 0 Å². The van der Waals surface area contributed by atoms with Gasteiger partial charge in [-0.15, -0.1) is 0 Å². The second kappa shape index (κ2) is 5.96. The number of nitrogens with zero attached hydrogens (tertiary/aromatic N) is 1. The van der Waals surface area contributed by atoms with E-state index in [4.69, 9.17) is 0 Å². The molecule has 0 radical (unpaired) electrons. The van der Waals surface area contributed by atoms with Crippen molar-refractivity contribution in [1.29, 1.82) is 0 Å². The summed E-state index contributed by atoms with van der Waals surface area (Å²) >= 11 is 0. The van der Waals surface area contributed by atoms with Crippen molar-refractivity contribution in [3.05, 3.63) is 29.3 Å². The van der Waals surface area contributed by atoms with Gasteiger partial charge in [-0.3, -0.25) is 14.5 Å². The zero-order chi connectivity index (χ0) is 16.6. The quantitative estimate of drug-likeness (QED) is 0.895. The van der Waals surface area contributed by atoms with Crippen LogP contribution in [-0.2, 0) is 9.59 Å². The first-order chi connectivity index (χ1) is 10.9. The largest absolute Gasteiger partial charge is 0.481 e. The molecule has 1 aliphatic heterocycles. The van der Waals surface area contributed by atoms with Crippen molar-refractivity contribution in [2.75, 3.05) is 25.0 Å². The topological polar surface area (TPSA) is 69.6 Å². The molecule has 2 N–H and O–H groups in total. The number of nitrogens with one attached hydrogen (secondary N) is 1. The minimum absolute atomic E-state index is 0.0718. The highest BCUT2D eigenvalue weighted by atomic mass is 16.4. The van der Waals surface area contributed by atoms with Crippen LogP contribution in [0.15, 0.2) is 18.2 Å². The number of carboxylic acids is 1. The lowest BCUT2D eigenvalue weighted by atomic mass is 9.81. The highest BCUT2D eigenvalue weighted by Gasteiger charge is 2.54. The molecule has 2 aliphatic rings. The van der Waals surface area contributed by atoms with Gasteiger partial charge in [0.1, 0.15) is 0 Å². The molecule has 5 heteroatoms. The van der Waals surface area contributed by atoms with Crippen LogP contribution in [0.3, 0.4) is 0 Å². The van der Waals surface area contributed by atoms with E-state index < -0.39 is 11.4 Å². The van der Waals surface area contributed by atoms with Gasteiger partial charge in [-0.25, -0.2) is 0 Å². The predicted octanol–water partition coefficient (Wildman–Crippen LogP) is 2.43. The highest BCUT2D eigenvalue weighted by Crippen LogP contribution is 2.48. The summed E-state index contributed by atoms with van der Waals surface area (Å²) < 4.78 is 0. The number of likely N-dealkylation sites (tertiary alicyclic amines) is 1. The number of carbonyl (C=O) groups excluding carboxylic acids is 1. The number of rotatable bonds is 4. The Morgan fingerprint density at radius 1 is 1.39 bits per heavy atom. The van der Waals surface area contributed by atoms with E-state index in [0.29, 0.717) is 13.1 Å². The van der Waals surface area contributed by atoms with Gasteiger partial charge in [0, 0.05) is 18.8 Å². The maximum absolute atomic E-state index is 12.3. The summed E-state index contributed by atoms with van der Waals surface area (Å²) in [5.41, 5.74) is 2.41. The molecule has 1 saturated carbocycles. The predicted molar refractivity (Wildman–Crippen MR) is 88.4 cm³/mol. The van der Waals surface area contributed by atoms with E-state index in [2.05, 4.69) is 5.32 Å². The SMILES string of the molecule is Cc1ccc(NC(=O)CN2C[C@@H]3CCC[C@@]3(C(=O)O)C2)c(C)c1. The second-order valence-electron chi connectivity index (χ2n) is 7.09. The Hall–Kier alpha value is -1.88. The molecule has 1 heterocycles. The fraction of sp³-hybridized carbons (Fsp3) is 0.556. The molecule has 2 fully saturated rings. The number of amides is 1. The Labute approximate surface area is 136 Å². The minimum Gasteiger partial charge on any atom is -0.481 e. The smallest absolute Gasteiger partial charge is 0.311 e. The zero-order valence-electron chi connectivity index (χ0n) is 13.8. The van der Waals surface area contributed by atoms with Crippen molar-refractivity contribution in [1.82, 2.24) is 4.90 Å². The Bertz CT molecular complexity index is 643. The third-order valence-corrected chi connectivity index (χ3v) is 5.39. The van der Waals surface area contributed by atoms with E-state index in [1.807, 2.05) is 36.9 Å². The van der Waals surface area contributed by atoms with Crippen LogP contribution in [0.2, 0.25) is 0 Å². The Morgan fingerprint density at radius 2 is 2.17 bits per heavy atom. The van der Waals surface area contributed by atoms with Gasteiger partial charge in [0.2, 0.25) is 5.91 Å². The van der Waals surface area contributed by atoms with E-state index >= 15 is 0 Å². The molecule has 1 aromatic carbocycles. The number of aliphatic carboxylic acids is 1. The monoisotopic (exact) mass is 316 g/mol. The molecule has 0 bridgehead atoms. The number of anilines is 1. The zero-order valence-corrected chi connectivity index (χ0v) is 13.8. The molecular weight excluding hydrogens is 292 g/mol. The van der Waals surface area contributed by atoms with E-state index in [9.17, 15) is 14.7 Å². The number of carboxylic acid groups (broad SMARTS) is 1. The maximum Gasteiger partial charge on any atom is 0.311 e. The lowest BCUT2D eigenvalue weighted by molar-refractivity contribution is -0.149. The molecule has 1 amide bonds. The molecule has 1 aliphatic carbocycles. The van der Waals surface area contributed by atoms with Crippen LogP contribution in [0.4, 0.5) is 5.69 Å². The third kappa shape index (κ3) is 2.98. The maximum atomic E-state index is 12.3. The first-order valence-corrected chi connectivity index (χ1v) is 8.23. The third-order valence-electron chi connectivity index (χ3n) is 5.39. The van der Waals surface area contributed by atoms with E-state index in [1.165, 1.54) is 0 Å². The first kappa shape index (κ1) is 16.0. The molecule has 1 saturated heterocycles. The number of aryl methyl sites for hydroxylation is 2. The standard InChI is InChI=1S/C18H24N2O3/c1-12-5-6-15(13(2)8-12)19-16(21)10-20-9-14-4-3-7-18(14,11-20)17(22)23/h5-6,8,14H,3-4,7,9-11H2,1-2H3,(H,19,21)(H,22,23)/t14-,18+/m0/s1. The average molecular weight is 316 g/mol. The molecule has 5 nitrogen and oxygen atoms in total. The van der Waals surface area contributed by atoms with Crippen LogP contribution in [0.1, 0.15) is 30.4 Å². The van der Waals surface area contributed by atoms with Gasteiger partial charge in [-0.2, -0.15) is 0 Å². The number of hydrogen-bond acceptors (Lipinski definition) is 3. The van der Waals surface area contributed by atoms with Crippen LogP contribution < -0.4 is 5.32 Å². The summed E-state index contributed by atoms with van der Waals surface area (Å²) in [6.45, 7) is 5.47. The number of fused-ring (bicyclic) bond motifs is 1. The molecule has 0 unspecified atom stereocenters. The number of benzene rings is 1. The summed E-state index contributed by atoms with van der Waals surface area (Å²) in [6, 6.07) is 5.93. The molecule has 3 rings (SSSR count). The van der Waals surface area contributed by atoms with Gasteiger partial charge in [-0.05, 0) is 44.2 Å². The Morgan fingerprint density at radius 3 is 2.83 bits per heavy atom. The van der Waals surface area contributed by atoms with Crippen LogP contribution >= 0.6 is 0 Å². The van der Waals surface area contributed by atoms with Gasteiger partial charge in [0.05, 0.1) is 12.0 Å². The minimum atomic E-state index is -0.697. The summed E-state index contributed by atoms with van der Waals surface area (Å²) in [5, 5.41) is 12.5. The molecule has 2 atom stereocenters. The number of hydrogen-bond donors (Lipinski definition) is 2. The fourth-order valence-electron chi connectivity index (χ4n) is 4.21. The fourth-order valence-corrected chi connectivity index (χ4v) is 4.21. The van der Waals surface area contributed by atoms with Crippen LogP contribution in [0.5, 0.6) is 0 Å². The van der Waals surface area contributed by atoms with E-state index in [0.717, 1.165) is 36.1 Å². The molecule has 23 heavy (non-hydrogen) atoms. The van der Waals surface area contributed by atoms with Gasteiger partial charge in [0.25, 0.3) is 0 Å². The Balaban J connectivity index is 1.62. The van der Waals surface area contributed by atoms with Gasteiger partial charge < -0.3 is 10.4 Å². The van der Waals surface area contributed by atoms with Crippen LogP contribution in [0, 0.1) is 25.2 Å². The molecule has 1 aromatic rings. The molecule has 0 spiro atoms. The van der Waals surface area contributed by atoms with Crippen molar-refractivity contribution in [2.24, 2.45) is 11.3 Å². The summed E-state index contributed by atoms with van der Waals surface area (Å²) in [7, 11) is 0. The first-order valence-electron chi connectivity index (χ1n) is 8.23. The number of carbonyl (C=O) groups is 2. The van der Waals surface area contributed by atoms with Crippen molar-refractivity contribution < 1.29 is 14.7 Å². The van der Waals surface area contributed by atoms with Crippen LogP contribution in [0.25, 0.3) is 0 Å². The summed E-state index contributed by atoms with van der Waals surface area (Å²) in [6.07, 6.45) is 2.68. The van der Waals surface area contributed by atoms with Crippen molar-refractivity contribution >= 4 is 17.6 Å². The second-order valence-corrected chi connectivity index (χ2v) is 7.09. The van der Waals surface area contributed by atoms with Crippen molar-refractivity contribution in [3.8, 4) is 0 Å². The lowest BCUT2D eigenvalue weighted by Gasteiger charge is -2.23. The summed E-state index contributed by atoms with van der Waals surface area (Å²) in [5.74, 6) is -0.580. The molecule has 0 aromatic heterocycles. The molecule has 124 valence electrons. The Kier molecular flexibility index (Phi) is 4.15. The normalized spacial score (nSPS) is 27.0. The van der Waals surface area contributed by atoms with Gasteiger partial charge >= 0.3 is 5.97 Å². The highest BCUT2D eigenvalue weighted by molar-refractivity contribution is 5.93. The van der Waals surface area contributed by atoms with E-state index in [-0.39, 0.29) is 18.4 Å². The average Bonchev–Trinajstić information content (AvgIpc) is 2.99. The van der Waals surface area contributed by atoms with E-state index in [1.54, 1.807) is 0 Å². The van der Waals surface area contributed by atoms with Crippen molar-refractivity contribution in [3.63, 3.8) is 0 Å². The van der Waals surface area contributed by atoms with Gasteiger partial charge in [-0.1, -0.05) is 24.1 Å².